The third-order valence-corrected chi connectivity index (χ3v) is 1.87. The second kappa shape index (κ2) is 6.95. The quantitative estimate of drug-likeness (QED) is 0.649. The number of ether oxygens (including phenoxy) is 2. The zero-order chi connectivity index (χ0) is 14.3. The number of hydrogen-bond acceptors (Lipinski definition) is 5. The van der Waals surface area contributed by atoms with Gasteiger partial charge in [-0.25, -0.2) is 4.79 Å². The van der Waals surface area contributed by atoms with E-state index in [9.17, 15) is 14.4 Å². The number of carbonyl (C=O) groups is 3. The predicted octanol–water partition coefficient (Wildman–Crippen LogP) is -0.0660. The second-order valence-corrected chi connectivity index (χ2v) is 4.64. The topological polar surface area (TPSA) is 102 Å². The van der Waals surface area contributed by atoms with Gasteiger partial charge in [-0.05, 0) is 20.8 Å². The summed E-state index contributed by atoms with van der Waals surface area (Å²) in [7, 11) is 1.14. The van der Waals surface area contributed by atoms with E-state index in [2.05, 4.69) is 10.1 Å². The zero-order valence-electron chi connectivity index (χ0n) is 11.0. The molecule has 0 radical (unpaired) electrons. The monoisotopic (exact) mass is 261 g/mol. The fourth-order valence-electron chi connectivity index (χ4n) is 0.968. The molecule has 104 valence electrons. The first-order chi connectivity index (χ1) is 8.15. The van der Waals surface area contributed by atoms with Crippen LogP contribution in [0, 0.1) is 0 Å². The smallest absolute Gasteiger partial charge is 0.326 e. The molecule has 0 aliphatic carbocycles. The number of amides is 1. The van der Waals surface area contributed by atoms with Crippen molar-refractivity contribution in [3.63, 3.8) is 0 Å². The van der Waals surface area contributed by atoms with Gasteiger partial charge in [-0.1, -0.05) is 0 Å². The summed E-state index contributed by atoms with van der Waals surface area (Å²) in [6, 6.07) is -1.31. The molecule has 0 aliphatic heterocycles. The van der Waals surface area contributed by atoms with Crippen molar-refractivity contribution in [2.24, 2.45) is 0 Å². The normalized spacial score (nSPS) is 12.7. The molecule has 0 aliphatic rings. The molecular weight excluding hydrogens is 242 g/mol. The molecule has 1 amide bonds. The highest BCUT2D eigenvalue weighted by atomic mass is 16.5. The first kappa shape index (κ1) is 16.4. The molecule has 2 N–H and O–H groups in total. The molecule has 0 rings (SSSR count). The summed E-state index contributed by atoms with van der Waals surface area (Å²) in [5.74, 6) is -2.61. The van der Waals surface area contributed by atoms with E-state index in [1.807, 2.05) is 0 Å². The van der Waals surface area contributed by atoms with E-state index in [0.29, 0.717) is 0 Å². The number of nitrogens with one attached hydrogen (secondary N) is 1. The molecule has 0 saturated carbocycles. The Morgan fingerprint density at radius 1 is 1.28 bits per heavy atom. The van der Waals surface area contributed by atoms with Crippen LogP contribution in [-0.4, -0.2) is 48.3 Å². The van der Waals surface area contributed by atoms with E-state index in [1.54, 1.807) is 20.8 Å². The Kier molecular flexibility index (Phi) is 6.32. The van der Waals surface area contributed by atoms with E-state index in [1.165, 1.54) is 0 Å². The molecule has 0 heterocycles. The largest absolute Gasteiger partial charge is 0.480 e. The lowest BCUT2D eigenvalue weighted by molar-refractivity contribution is -0.149. The second-order valence-electron chi connectivity index (χ2n) is 4.64. The Morgan fingerprint density at radius 2 is 1.83 bits per heavy atom. The summed E-state index contributed by atoms with van der Waals surface area (Å²) >= 11 is 0. The number of esters is 1. The van der Waals surface area contributed by atoms with Crippen LogP contribution >= 0.6 is 0 Å². The third-order valence-electron chi connectivity index (χ3n) is 1.87. The molecule has 1 atom stereocenters. The molecule has 0 unspecified atom stereocenters. The molecule has 7 nitrogen and oxygen atoms in total. The van der Waals surface area contributed by atoms with Gasteiger partial charge in [0.25, 0.3) is 0 Å². The summed E-state index contributed by atoms with van der Waals surface area (Å²) in [6.07, 6.45) is -0.424. The molecule has 0 aromatic heterocycles. The van der Waals surface area contributed by atoms with Gasteiger partial charge in [0.15, 0.2) is 0 Å². The lowest BCUT2D eigenvalue weighted by atomic mass is 10.2. The van der Waals surface area contributed by atoms with Gasteiger partial charge in [-0.3, -0.25) is 9.59 Å². The molecular formula is C11H19NO6. The van der Waals surface area contributed by atoms with Crippen molar-refractivity contribution in [3.8, 4) is 0 Å². The van der Waals surface area contributed by atoms with Gasteiger partial charge < -0.3 is 19.9 Å². The first-order valence-corrected chi connectivity index (χ1v) is 5.38. The Hall–Kier alpha value is -1.63. The fourth-order valence-corrected chi connectivity index (χ4v) is 0.968. The maximum absolute atomic E-state index is 11.4. The maximum Gasteiger partial charge on any atom is 0.326 e. The third kappa shape index (κ3) is 7.61. The lowest BCUT2D eigenvalue weighted by Gasteiger charge is -2.20. The lowest BCUT2D eigenvalue weighted by Crippen LogP contribution is -2.44. The van der Waals surface area contributed by atoms with Crippen molar-refractivity contribution in [1.82, 2.24) is 5.32 Å². The van der Waals surface area contributed by atoms with Crippen LogP contribution in [0.4, 0.5) is 0 Å². The molecule has 0 fully saturated rings. The van der Waals surface area contributed by atoms with Crippen LogP contribution < -0.4 is 5.32 Å². The number of hydrogen-bond donors (Lipinski definition) is 2. The molecule has 0 aromatic carbocycles. The van der Waals surface area contributed by atoms with Crippen molar-refractivity contribution < 1.29 is 29.0 Å². The van der Waals surface area contributed by atoms with Crippen LogP contribution in [-0.2, 0) is 23.9 Å². The Morgan fingerprint density at radius 3 is 2.22 bits per heavy atom. The van der Waals surface area contributed by atoms with Crippen LogP contribution in [0.15, 0.2) is 0 Å². The van der Waals surface area contributed by atoms with Gasteiger partial charge in [0.2, 0.25) is 5.91 Å². The molecule has 0 aromatic rings. The number of rotatable bonds is 6. The van der Waals surface area contributed by atoms with E-state index in [-0.39, 0.29) is 6.61 Å². The minimum Gasteiger partial charge on any atom is -0.480 e. The van der Waals surface area contributed by atoms with Crippen LogP contribution in [0.5, 0.6) is 0 Å². The van der Waals surface area contributed by atoms with Crippen molar-refractivity contribution in [2.45, 2.75) is 38.8 Å². The molecule has 18 heavy (non-hydrogen) atoms. The number of carboxylic acids is 1. The predicted molar refractivity (Wildman–Crippen MR) is 61.9 cm³/mol. The van der Waals surface area contributed by atoms with Gasteiger partial charge in [-0.15, -0.1) is 0 Å². The van der Waals surface area contributed by atoms with Crippen LogP contribution in [0.2, 0.25) is 0 Å². The van der Waals surface area contributed by atoms with E-state index in [0.717, 1.165) is 7.11 Å². The zero-order valence-corrected chi connectivity index (χ0v) is 11.0. The Bertz CT molecular complexity index is 320. The maximum atomic E-state index is 11.4. The van der Waals surface area contributed by atoms with E-state index < -0.39 is 35.9 Å². The van der Waals surface area contributed by atoms with Gasteiger partial charge in [0.05, 0.1) is 19.1 Å². The number of carboxylic acid groups (broad SMARTS) is 1. The standard InChI is InChI=1S/C11H19NO6/c1-11(2,3)18-6-8(13)12-7(10(15)16)5-9(14)17-4/h7H,5-6H2,1-4H3,(H,12,13)(H,15,16)/t7-/m0/s1. The van der Waals surface area contributed by atoms with Crippen molar-refractivity contribution >= 4 is 17.8 Å². The molecule has 0 spiro atoms. The van der Waals surface area contributed by atoms with Crippen molar-refractivity contribution in [3.05, 3.63) is 0 Å². The van der Waals surface area contributed by atoms with Crippen LogP contribution in [0.3, 0.4) is 0 Å². The number of aliphatic carboxylic acids is 1. The Labute approximate surface area is 105 Å². The minimum absolute atomic E-state index is 0.269. The number of methoxy groups -OCH3 is 1. The van der Waals surface area contributed by atoms with Crippen molar-refractivity contribution in [1.29, 1.82) is 0 Å². The van der Waals surface area contributed by atoms with Crippen LogP contribution in [0.25, 0.3) is 0 Å². The number of carbonyl (C=O) groups excluding carboxylic acids is 2. The minimum atomic E-state index is -1.31. The summed E-state index contributed by atoms with van der Waals surface area (Å²) < 4.78 is 9.52. The van der Waals surface area contributed by atoms with Gasteiger partial charge in [0, 0.05) is 0 Å². The van der Waals surface area contributed by atoms with Gasteiger partial charge >= 0.3 is 11.9 Å². The summed E-state index contributed by atoms with van der Waals surface area (Å²) in [6.45, 7) is 5.03. The molecule has 0 bridgehead atoms. The summed E-state index contributed by atoms with van der Waals surface area (Å²) in [5, 5.41) is 11.0. The first-order valence-electron chi connectivity index (χ1n) is 5.38. The average Bonchev–Trinajstić information content (AvgIpc) is 2.24. The molecule has 0 saturated heterocycles. The average molecular weight is 261 g/mol. The molecule has 7 heteroatoms. The van der Waals surface area contributed by atoms with E-state index >= 15 is 0 Å². The van der Waals surface area contributed by atoms with Crippen molar-refractivity contribution in [2.75, 3.05) is 13.7 Å². The van der Waals surface area contributed by atoms with Gasteiger partial charge in [-0.2, -0.15) is 0 Å². The van der Waals surface area contributed by atoms with E-state index in [4.69, 9.17) is 9.84 Å². The van der Waals surface area contributed by atoms with Crippen LogP contribution in [0.1, 0.15) is 27.2 Å². The highest BCUT2D eigenvalue weighted by Crippen LogP contribution is 2.05. The van der Waals surface area contributed by atoms with Gasteiger partial charge in [0.1, 0.15) is 12.6 Å². The summed E-state index contributed by atoms with van der Waals surface area (Å²) in [5.41, 5.74) is -0.502. The SMILES string of the molecule is COC(=O)C[C@H](NC(=O)COC(C)(C)C)C(=O)O. The fraction of sp³-hybridized carbons (Fsp3) is 0.727. The Balaban J connectivity index is 4.29. The highest BCUT2D eigenvalue weighted by molar-refractivity contribution is 5.87. The summed E-state index contributed by atoms with van der Waals surface area (Å²) in [4.78, 5) is 33.2. The highest BCUT2D eigenvalue weighted by Gasteiger charge is 2.24.